The van der Waals surface area contributed by atoms with E-state index in [0.29, 0.717) is 11.6 Å². The molecule has 0 atom stereocenters. The summed E-state index contributed by atoms with van der Waals surface area (Å²) in [5, 5.41) is 10.9. The van der Waals surface area contributed by atoms with Crippen molar-refractivity contribution in [1.29, 1.82) is 0 Å². The summed E-state index contributed by atoms with van der Waals surface area (Å²) >= 11 is 4.85. The Balaban J connectivity index is 2.50. The topological polar surface area (TPSA) is 63.3 Å². The lowest BCUT2D eigenvalue weighted by Crippen LogP contribution is -2.01. The molecular formula is C11H10BrNO3S. The third kappa shape index (κ3) is 2.42. The molecule has 0 radical (unpaired) electrons. The predicted molar refractivity (Wildman–Crippen MR) is 68.6 cm³/mol. The average molecular weight is 316 g/mol. The number of rotatable bonds is 3. The Morgan fingerprint density at radius 1 is 1.59 bits per heavy atom. The quantitative estimate of drug-likeness (QED) is 0.930. The number of thiophene rings is 1. The molecule has 0 aliphatic carbocycles. The standard InChI is InChI=1S/C11H10BrNO3S/c1-5(2)8-9(11(14)15)16-10(13-8)6-3-7(12)17-4-6/h3-5H,1-2H3,(H,14,15). The van der Waals surface area contributed by atoms with Gasteiger partial charge >= 0.3 is 5.97 Å². The molecule has 2 aromatic heterocycles. The van der Waals surface area contributed by atoms with Gasteiger partial charge in [0.15, 0.2) is 0 Å². The Labute approximate surface area is 110 Å². The SMILES string of the molecule is CC(C)c1nc(-c2csc(Br)c2)oc1C(=O)O. The number of hydrogen-bond donors (Lipinski definition) is 1. The molecule has 17 heavy (non-hydrogen) atoms. The van der Waals surface area contributed by atoms with E-state index >= 15 is 0 Å². The van der Waals surface area contributed by atoms with Crippen molar-refractivity contribution in [3.05, 3.63) is 26.7 Å². The summed E-state index contributed by atoms with van der Waals surface area (Å²) < 4.78 is 6.26. The Hall–Kier alpha value is -1.14. The van der Waals surface area contributed by atoms with E-state index in [1.807, 2.05) is 25.3 Å². The Bertz CT molecular complexity index is 559. The van der Waals surface area contributed by atoms with Crippen molar-refractivity contribution in [2.24, 2.45) is 0 Å². The largest absolute Gasteiger partial charge is 0.475 e. The molecule has 0 unspecified atom stereocenters. The van der Waals surface area contributed by atoms with Gasteiger partial charge in [-0.05, 0) is 27.9 Å². The van der Waals surface area contributed by atoms with Crippen LogP contribution in [0, 0.1) is 0 Å². The number of oxazole rings is 1. The molecule has 2 heterocycles. The van der Waals surface area contributed by atoms with Crippen LogP contribution >= 0.6 is 27.3 Å². The molecule has 0 fully saturated rings. The van der Waals surface area contributed by atoms with E-state index in [0.717, 1.165) is 9.35 Å². The normalized spacial score (nSPS) is 11.1. The van der Waals surface area contributed by atoms with Crippen molar-refractivity contribution >= 4 is 33.2 Å². The van der Waals surface area contributed by atoms with Gasteiger partial charge in [0.2, 0.25) is 11.7 Å². The Morgan fingerprint density at radius 2 is 2.29 bits per heavy atom. The van der Waals surface area contributed by atoms with E-state index in [-0.39, 0.29) is 11.7 Å². The molecule has 0 saturated carbocycles. The maximum atomic E-state index is 11.0. The minimum absolute atomic E-state index is 0.0145. The van der Waals surface area contributed by atoms with Crippen molar-refractivity contribution in [3.63, 3.8) is 0 Å². The Kier molecular flexibility index (Phi) is 3.35. The summed E-state index contributed by atoms with van der Waals surface area (Å²) in [4.78, 5) is 15.3. The number of nitrogens with zero attached hydrogens (tertiary/aromatic N) is 1. The maximum Gasteiger partial charge on any atom is 0.373 e. The average Bonchev–Trinajstić information content (AvgIpc) is 2.82. The summed E-state index contributed by atoms with van der Waals surface area (Å²) in [5.74, 6) is -0.784. The first-order valence-electron chi connectivity index (χ1n) is 4.97. The fourth-order valence-corrected chi connectivity index (χ4v) is 2.55. The van der Waals surface area contributed by atoms with E-state index < -0.39 is 5.97 Å². The Morgan fingerprint density at radius 3 is 2.71 bits per heavy atom. The molecule has 1 N–H and O–H groups in total. The van der Waals surface area contributed by atoms with Gasteiger partial charge in [-0.1, -0.05) is 13.8 Å². The van der Waals surface area contributed by atoms with Crippen LogP contribution in [0.4, 0.5) is 0 Å². The van der Waals surface area contributed by atoms with Crippen LogP contribution in [0.1, 0.15) is 36.0 Å². The van der Waals surface area contributed by atoms with Crippen molar-refractivity contribution < 1.29 is 14.3 Å². The molecule has 6 heteroatoms. The van der Waals surface area contributed by atoms with E-state index in [1.54, 1.807) is 0 Å². The van der Waals surface area contributed by atoms with Crippen LogP contribution in [-0.2, 0) is 0 Å². The smallest absolute Gasteiger partial charge is 0.373 e. The van der Waals surface area contributed by atoms with E-state index in [1.165, 1.54) is 11.3 Å². The third-order valence-corrected chi connectivity index (χ3v) is 3.71. The van der Waals surface area contributed by atoms with Crippen molar-refractivity contribution in [2.45, 2.75) is 19.8 Å². The summed E-state index contributed by atoms with van der Waals surface area (Å²) in [6.07, 6.45) is 0. The molecule has 4 nitrogen and oxygen atoms in total. The predicted octanol–water partition coefficient (Wildman–Crippen LogP) is 3.99. The lowest BCUT2D eigenvalue weighted by Gasteiger charge is -1.98. The van der Waals surface area contributed by atoms with Gasteiger partial charge in [-0.3, -0.25) is 0 Å². The highest BCUT2D eigenvalue weighted by Gasteiger charge is 2.22. The molecule has 0 saturated heterocycles. The van der Waals surface area contributed by atoms with Gasteiger partial charge in [0, 0.05) is 10.9 Å². The first-order valence-corrected chi connectivity index (χ1v) is 6.64. The second-order valence-corrected chi connectivity index (χ2v) is 6.12. The highest BCUT2D eigenvalue weighted by atomic mass is 79.9. The van der Waals surface area contributed by atoms with Crippen molar-refractivity contribution in [3.8, 4) is 11.5 Å². The zero-order valence-electron chi connectivity index (χ0n) is 9.23. The zero-order valence-corrected chi connectivity index (χ0v) is 11.6. The minimum atomic E-state index is -1.08. The maximum absolute atomic E-state index is 11.0. The highest BCUT2D eigenvalue weighted by Crippen LogP contribution is 2.31. The molecule has 2 rings (SSSR count). The zero-order chi connectivity index (χ0) is 12.6. The van der Waals surface area contributed by atoms with Crippen LogP contribution in [-0.4, -0.2) is 16.1 Å². The van der Waals surface area contributed by atoms with Gasteiger partial charge in [0.1, 0.15) is 0 Å². The lowest BCUT2D eigenvalue weighted by atomic mass is 10.1. The monoisotopic (exact) mass is 315 g/mol. The highest BCUT2D eigenvalue weighted by molar-refractivity contribution is 9.11. The van der Waals surface area contributed by atoms with Crippen molar-refractivity contribution in [2.75, 3.05) is 0 Å². The van der Waals surface area contributed by atoms with E-state index in [2.05, 4.69) is 20.9 Å². The van der Waals surface area contributed by atoms with Gasteiger partial charge in [0.25, 0.3) is 0 Å². The molecule has 90 valence electrons. The molecule has 0 spiro atoms. The fraction of sp³-hybridized carbons (Fsp3) is 0.273. The summed E-state index contributed by atoms with van der Waals surface area (Å²) in [6.45, 7) is 3.77. The van der Waals surface area contributed by atoms with Crippen molar-refractivity contribution in [1.82, 2.24) is 4.98 Å². The van der Waals surface area contributed by atoms with E-state index in [4.69, 9.17) is 9.52 Å². The molecule has 0 amide bonds. The van der Waals surface area contributed by atoms with Crippen LogP contribution in [0.5, 0.6) is 0 Å². The third-order valence-electron chi connectivity index (χ3n) is 2.21. The van der Waals surface area contributed by atoms with Gasteiger partial charge in [0.05, 0.1) is 9.48 Å². The lowest BCUT2D eigenvalue weighted by molar-refractivity contribution is 0.0661. The second-order valence-electron chi connectivity index (χ2n) is 3.83. The molecule has 0 aliphatic rings. The number of hydrogen-bond acceptors (Lipinski definition) is 4. The van der Waals surface area contributed by atoms with Crippen LogP contribution in [0.2, 0.25) is 0 Å². The van der Waals surface area contributed by atoms with Gasteiger partial charge in [-0.2, -0.15) is 0 Å². The first kappa shape index (κ1) is 12.3. The number of carbonyl (C=O) groups is 1. The van der Waals surface area contributed by atoms with Crippen LogP contribution in [0.3, 0.4) is 0 Å². The summed E-state index contributed by atoms with van der Waals surface area (Å²) in [6, 6.07) is 1.85. The summed E-state index contributed by atoms with van der Waals surface area (Å²) in [5.41, 5.74) is 1.27. The van der Waals surface area contributed by atoms with Crippen LogP contribution in [0.15, 0.2) is 19.6 Å². The number of aromatic nitrogens is 1. The van der Waals surface area contributed by atoms with Gasteiger partial charge in [-0.15, -0.1) is 11.3 Å². The molecule has 0 aliphatic heterocycles. The number of halogens is 1. The summed E-state index contributed by atoms with van der Waals surface area (Å²) in [7, 11) is 0. The van der Waals surface area contributed by atoms with Crippen LogP contribution < -0.4 is 0 Å². The molecule has 0 aromatic carbocycles. The van der Waals surface area contributed by atoms with Gasteiger partial charge < -0.3 is 9.52 Å². The fourth-order valence-electron chi connectivity index (χ4n) is 1.42. The van der Waals surface area contributed by atoms with Crippen LogP contribution in [0.25, 0.3) is 11.5 Å². The molecular weight excluding hydrogens is 306 g/mol. The number of carboxylic acids is 1. The minimum Gasteiger partial charge on any atom is -0.475 e. The number of carboxylic acid groups (broad SMARTS) is 1. The number of aromatic carboxylic acids is 1. The molecule has 0 bridgehead atoms. The van der Waals surface area contributed by atoms with Gasteiger partial charge in [-0.25, -0.2) is 9.78 Å². The van der Waals surface area contributed by atoms with E-state index in [9.17, 15) is 4.79 Å². The first-order chi connectivity index (χ1) is 7.99. The molecule has 2 aromatic rings. The second kappa shape index (κ2) is 4.62.